The number of nitro groups is 1. The molecule has 0 fully saturated rings. The molecule has 0 aliphatic heterocycles. The van der Waals surface area contributed by atoms with Crippen molar-refractivity contribution < 1.29 is 24.0 Å². The molecule has 8 heteroatoms. The number of ether oxygens (including phenoxy) is 2. The molecule has 0 spiro atoms. The van der Waals surface area contributed by atoms with Gasteiger partial charge >= 0.3 is 11.9 Å². The Morgan fingerprint density at radius 1 is 1.09 bits per heavy atom. The lowest BCUT2D eigenvalue weighted by molar-refractivity contribution is -0.385. The SMILES string of the molecule is COC(=O)c1cc(Br)ccc1OC(=O)c1ccccc1[N+](=O)[O-]. The predicted molar refractivity (Wildman–Crippen MR) is 83.5 cm³/mol. The number of methoxy groups -OCH3 is 1. The van der Waals surface area contributed by atoms with Crippen LogP contribution < -0.4 is 4.74 Å². The summed E-state index contributed by atoms with van der Waals surface area (Å²) in [7, 11) is 1.19. The molecule has 2 rings (SSSR count). The van der Waals surface area contributed by atoms with Gasteiger partial charge in [-0.2, -0.15) is 0 Å². The van der Waals surface area contributed by atoms with Crippen LogP contribution >= 0.6 is 15.9 Å². The molecule has 0 heterocycles. The zero-order chi connectivity index (χ0) is 17.0. The number of rotatable bonds is 4. The Morgan fingerprint density at radius 3 is 2.43 bits per heavy atom. The largest absolute Gasteiger partial charge is 0.465 e. The summed E-state index contributed by atoms with van der Waals surface area (Å²) in [6.45, 7) is 0. The highest BCUT2D eigenvalue weighted by Gasteiger charge is 2.23. The van der Waals surface area contributed by atoms with Gasteiger partial charge in [-0.15, -0.1) is 0 Å². The van der Waals surface area contributed by atoms with E-state index in [1.807, 2.05) is 0 Å². The maximum absolute atomic E-state index is 12.2. The fourth-order valence-corrected chi connectivity index (χ4v) is 2.18. The van der Waals surface area contributed by atoms with Crippen LogP contribution in [0.5, 0.6) is 5.75 Å². The van der Waals surface area contributed by atoms with Crippen molar-refractivity contribution in [1.82, 2.24) is 0 Å². The predicted octanol–water partition coefficient (Wildman–Crippen LogP) is 3.36. The van der Waals surface area contributed by atoms with Crippen molar-refractivity contribution in [3.8, 4) is 5.75 Å². The van der Waals surface area contributed by atoms with Gasteiger partial charge in [-0.1, -0.05) is 28.1 Å². The van der Waals surface area contributed by atoms with Crippen LogP contribution in [-0.4, -0.2) is 24.0 Å². The molecule has 0 aromatic heterocycles. The van der Waals surface area contributed by atoms with Gasteiger partial charge in [0, 0.05) is 10.5 Å². The van der Waals surface area contributed by atoms with Gasteiger partial charge in [-0.3, -0.25) is 10.1 Å². The van der Waals surface area contributed by atoms with Crippen molar-refractivity contribution >= 4 is 33.6 Å². The van der Waals surface area contributed by atoms with Gasteiger partial charge in [0.15, 0.2) is 0 Å². The molecule has 0 unspecified atom stereocenters. The van der Waals surface area contributed by atoms with Gasteiger partial charge in [-0.05, 0) is 24.3 Å². The molecule has 0 N–H and O–H groups in total. The molecule has 0 saturated heterocycles. The lowest BCUT2D eigenvalue weighted by Gasteiger charge is -2.09. The van der Waals surface area contributed by atoms with Crippen molar-refractivity contribution in [1.29, 1.82) is 0 Å². The minimum atomic E-state index is -0.940. The molecular formula is C15H10BrNO6. The van der Waals surface area contributed by atoms with E-state index in [1.165, 1.54) is 43.5 Å². The fourth-order valence-electron chi connectivity index (χ4n) is 1.82. The molecule has 0 aliphatic rings. The van der Waals surface area contributed by atoms with Gasteiger partial charge in [-0.25, -0.2) is 9.59 Å². The first-order valence-electron chi connectivity index (χ1n) is 6.27. The number of halogens is 1. The second-order valence-electron chi connectivity index (χ2n) is 4.30. The Balaban J connectivity index is 2.39. The van der Waals surface area contributed by atoms with Gasteiger partial charge < -0.3 is 9.47 Å². The second-order valence-corrected chi connectivity index (χ2v) is 5.21. The average molecular weight is 380 g/mol. The highest BCUT2D eigenvalue weighted by Crippen LogP contribution is 2.26. The molecule has 23 heavy (non-hydrogen) atoms. The summed E-state index contributed by atoms with van der Waals surface area (Å²) in [5.74, 6) is -1.69. The van der Waals surface area contributed by atoms with Crippen molar-refractivity contribution in [2.24, 2.45) is 0 Å². The quantitative estimate of drug-likeness (QED) is 0.349. The highest BCUT2D eigenvalue weighted by molar-refractivity contribution is 9.10. The summed E-state index contributed by atoms with van der Waals surface area (Å²) in [6, 6.07) is 9.77. The van der Waals surface area contributed by atoms with E-state index < -0.39 is 16.9 Å². The van der Waals surface area contributed by atoms with Crippen LogP contribution in [0.1, 0.15) is 20.7 Å². The summed E-state index contributed by atoms with van der Waals surface area (Å²) in [6.07, 6.45) is 0. The Morgan fingerprint density at radius 2 is 1.78 bits per heavy atom. The summed E-state index contributed by atoms with van der Waals surface area (Å²) >= 11 is 3.20. The molecule has 0 aliphatic carbocycles. The summed E-state index contributed by atoms with van der Waals surface area (Å²) < 4.78 is 10.3. The number of nitrogens with zero attached hydrogens (tertiary/aromatic N) is 1. The Kier molecular flexibility index (Phi) is 5.07. The van der Waals surface area contributed by atoms with Crippen LogP contribution in [0.25, 0.3) is 0 Å². The van der Waals surface area contributed by atoms with Crippen LogP contribution in [0.3, 0.4) is 0 Å². The van der Waals surface area contributed by atoms with E-state index in [9.17, 15) is 19.7 Å². The van der Waals surface area contributed by atoms with E-state index in [2.05, 4.69) is 20.7 Å². The number of carbonyl (C=O) groups is 2. The average Bonchev–Trinajstić information content (AvgIpc) is 2.55. The Labute approximate surface area is 139 Å². The van der Waals surface area contributed by atoms with Crippen molar-refractivity contribution in [2.75, 3.05) is 7.11 Å². The third-order valence-corrected chi connectivity index (χ3v) is 3.36. The molecule has 2 aromatic carbocycles. The molecule has 0 amide bonds. The maximum Gasteiger partial charge on any atom is 0.350 e. The van der Waals surface area contributed by atoms with E-state index in [0.717, 1.165) is 0 Å². The summed E-state index contributed by atoms with van der Waals surface area (Å²) in [5.41, 5.74) is -0.570. The Hall–Kier alpha value is -2.74. The molecule has 0 atom stereocenters. The van der Waals surface area contributed by atoms with Crippen LogP contribution in [0.2, 0.25) is 0 Å². The third kappa shape index (κ3) is 3.72. The number of benzene rings is 2. The fraction of sp³-hybridized carbons (Fsp3) is 0.0667. The lowest BCUT2D eigenvalue weighted by atomic mass is 10.1. The van der Waals surface area contributed by atoms with Crippen LogP contribution in [0.15, 0.2) is 46.9 Å². The molecule has 118 valence electrons. The first kappa shape index (κ1) is 16.6. The number of hydrogen-bond acceptors (Lipinski definition) is 6. The van der Waals surface area contributed by atoms with Gasteiger partial charge in [0.1, 0.15) is 16.9 Å². The summed E-state index contributed by atoms with van der Waals surface area (Å²) in [4.78, 5) is 34.2. The lowest BCUT2D eigenvalue weighted by Crippen LogP contribution is -2.14. The van der Waals surface area contributed by atoms with Gasteiger partial charge in [0.2, 0.25) is 0 Å². The minimum Gasteiger partial charge on any atom is -0.465 e. The summed E-state index contributed by atoms with van der Waals surface area (Å²) in [5, 5.41) is 11.0. The zero-order valence-corrected chi connectivity index (χ0v) is 13.4. The standard InChI is InChI=1S/C15H10BrNO6/c1-22-14(18)11-8-9(16)6-7-13(11)23-15(19)10-4-2-3-5-12(10)17(20)21/h2-8H,1H3. The monoisotopic (exact) mass is 379 g/mol. The number of para-hydroxylation sites is 1. The normalized spacial score (nSPS) is 10.0. The highest BCUT2D eigenvalue weighted by atomic mass is 79.9. The van der Waals surface area contributed by atoms with E-state index in [4.69, 9.17) is 4.74 Å². The van der Waals surface area contributed by atoms with Crippen LogP contribution in [0.4, 0.5) is 5.69 Å². The van der Waals surface area contributed by atoms with E-state index in [-0.39, 0.29) is 22.6 Å². The van der Waals surface area contributed by atoms with Gasteiger partial charge in [0.25, 0.3) is 5.69 Å². The minimum absolute atomic E-state index is 0.0220. The van der Waals surface area contributed by atoms with Crippen molar-refractivity contribution in [2.45, 2.75) is 0 Å². The first-order chi connectivity index (χ1) is 10.9. The molecule has 0 bridgehead atoms. The number of hydrogen-bond donors (Lipinski definition) is 0. The zero-order valence-electron chi connectivity index (χ0n) is 11.8. The molecule has 0 radical (unpaired) electrons. The smallest absolute Gasteiger partial charge is 0.350 e. The molecule has 0 saturated carbocycles. The second kappa shape index (κ2) is 7.01. The Bertz CT molecular complexity index is 789. The first-order valence-corrected chi connectivity index (χ1v) is 7.06. The molecular weight excluding hydrogens is 370 g/mol. The van der Waals surface area contributed by atoms with Gasteiger partial charge in [0.05, 0.1) is 12.0 Å². The van der Waals surface area contributed by atoms with Crippen LogP contribution in [-0.2, 0) is 4.74 Å². The molecule has 7 nitrogen and oxygen atoms in total. The number of esters is 2. The van der Waals surface area contributed by atoms with Crippen molar-refractivity contribution in [3.05, 3.63) is 68.2 Å². The molecule has 2 aromatic rings. The topological polar surface area (TPSA) is 95.7 Å². The van der Waals surface area contributed by atoms with Crippen LogP contribution in [0, 0.1) is 10.1 Å². The maximum atomic E-state index is 12.2. The van der Waals surface area contributed by atoms with E-state index in [0.29, 0.717) is 4.47 Å². The van der Waals surface area contributed by atoms with E-state index in [1.54, 1.807) is 6.07 Å². The third-order valence-electron chi connectivity index (χ3n) is 2.87. The van der Waals surface area contributed by atoms with E-state index >= 15 is 0 Å². The number of nitro benzene ring substituents is 1. The van der Waals surface area contributed by atoms with Crippen molar-refractivity contribution in [3.63, 3.8) is 0 Å². The number of carbonyl (C=O) groups excluding carboxylic acids is 2.